The van der Waals surface area contributed by atoms with Crippen molar-refractivity contribution in [1.82, 2.24) is 10.2 Å². The first kappa shape index (κ1) is 22.9. The molecule has 0 aliphatic carbocycles. The van der Waals surface area contributed by atoms with Gasteiger partial charge in [0.15, 0.2) is 6.61 Å². The second-order valence-corrected chi connectivity index (χ2v) is 8.09. The van der Waals surface area contributed by atoms with E-state index in [1.807, 2.05) is 63.2 Å². The van der Waals surface area contributed by atoms with E-state index in [-0.39, 0.29) is 18.4 Å². The molecule has 0 aromatic heterocycles. The molecule has 1 N–H and O–H groups in total. The lowest BCUT2D eigenvalue weighted by Gasteiger charge is -2.29. The van der Waals surface area contributed by atoms with Crippen molar-refractivity contribution >= 4 is 27.7 Å². The third-order valence-corrected chi connectivity index (χ3v) is 5.21. The van der Waals surface area contributed by atoms with Crippen LogP contribution in [0.5, 0.6) is 5.75 Å². The minimum Gasteiger partial charge on any atom is -0.483 e. The van der Waals surface area contributed by atoms with Crippen LogP contribution in [0.1, 0.15) is 37.0 Å². The van der Waals surface area contributed by atoms with Crippen molar-refractivity contribution in [2.24, 2.45) is 0 Å². The van der Waals surface area contributed by atoms with E-state index >= 15 is 0 Å². The molecule has 156 valence electrons. The first-order chi connectivity index (χ1) is 13.8. The highest BCUT2D eigenvalue weighted by atomic mass is 79.9. The average molecular weight is 461 g/mol. The number of ether oxygens (including phenoxy) is 1. The summed E-state index contributed by atoms with van der Waals surface area (Å²) in [5, 5.41) is 2.87. The zero-order valence-corrected chi connectivity index (χ0v) is 19.1. The standard InChI is InChI=1S/C23H29BrN2O3/c1-5-12-25-23(28)18(4)26(14-19-8-10-20(24)11-9-19)22(27)15-29-21-13-16(2)6-7-17(21)3/h6-11,13,18H,5,12,14-15H2,1-4H3,(H,25,28). The predicted octanol–water partition coefficient (Wildman–Crippen LogP) is 4.39. The number of nitrogens with zero attached hydrogens (tertiary/aromatic N) is 1. The van der Waals surface area contributed by atoms with Gasteiger partial charge in [-0.05, 0) is 62.1 Å². The summed E-state index contributed by atoms with van der Waals surface area (Å²) in [6.07, 6.45) is 0.842. The topological polar surface area (TPSA) is 58.6 Å². The van der Waals surface area contributed by atoms with Gasteiger partial charge in [0.2, 0.25) is 5.91 Å². The van der Waals surface area contributed by atoms with E-state index < -0.39 is 6.04 Å². The van der Waals surface area contributed by atoms with Gasteiger partial charge in [0.25, 0.3) is 5.91 Å². The second kappa shape index (κ2) is 11.0. The summed E-state index contributed by atoms with van der Waals surface area (Å²) in [6.45, 7) is 8.47. The summed E-state index contributed by atoms with van der Waals surface area (Å²) < 4.78 is 6.76. The van der Waals surface area contributed by atoms with E-state index in [4.69, 9.17) is 4.74 Å². The van der Waals surface area contributed by atoms with Crippen molar-refractivity contribution in [2.45, 2.75) is 46.7 Å². The van der Waals surface area contributed by atoms with Gasteiger partial charge in [-0.25, -0.2) is 0 Å². The Bertz CT molecular complexity index is 837. The molecule has 1 atom stereocenters. The van der Waals surface area contributed by atoms with Gasteiger partial charge in [0, 0.05) is 17.6 Å². The van der Waals surface area contributed by atoms with Gasteiger partial charge in [0.05, 0.1) is 0 Å². The molecule has 29 heavy (non-hydrogen) atoms. The van der Waals surface area contributed by atoms with Crippen molar-refractivity contribution in [3.8, 4) is 5.75 Å². The highest BCUT2D eigenvalue weighted by Gasteiger charge is 2.26. The number of rotatable bonds is 9. The van der Waals surface area contributed by atoms with Crippen LogP contribution in [-0.2, 0) is 16.1 Å². The van der Waals surface area contributed by atoms with Gasteiger partial charge in [-0.1, -0.05) is 47.1 Å². The molecule has 0 saturated carbocycles. The molecule has 0 radical (unpaired) electrons. The summed E-state index contributed by atoms with van der Waals surface area (Å²) in [6, 6.07) is 13.0. The number of halogens is 1. The molecule has 0 fully saturated rings. The summed E-state index contributed by atoms with van der Waals surface area (Å²) in [4.78, 5) is 27.1. The number of aryl methyl sites for hydroxylation is 2. The Kier molecular flexibility index (Phi) is 8.70. The van der Waals surface area contributed by atoms with Gasteiger partial charge < -0.3 is 15.0 Å². The fraction of sp³-hybridized carbons (Fsp3) is 0.391. The van der Waals surface area contributed by atoms with Gasteiger partial charge >= 0.3 is 0 Å². The molecule has 2 aromatic carbocycles. The van der Waals surface area contributed by atoms with Crippen LogP contribution in [0.4, 0.5) is 0 Å². The van der Waals surface area contributed by atoms with Gasteiger partial charge in [0.1, 0.15) is 11.8 Å². The molecule has 0 aliphatic rings. The largest absolute Gasteiger partial charge is 0.483 e. The van der Waals surface area contributed by atoms with Crippen LogP contribution < -0.4 is 10.1 Å². The molecule has 0 spiro atoms. The Hall–Kier alpha value is -2.34. The van der Waals surface area contributed by atoms with E-state index in [0.29, 0.717) is 18.8 Å². The average Bonchev–Trinajstić information content (AvgIpc) is 2.71. The predicted molar refractivity (Wildman–Crippen MR) is 119 cm³/mol. The minimum atomic E-state index is -0.597. The number of carbonyl (C=O) groups excluding carboxylic acids is 2. The number of hydrogen-bond acceptors (Lipinski definition) is 3. The zero-order chi connectivity index (χ0) is 21.4. The number of carbonyl (C=O) groups is 2. The van der Waals surface area contributed by atoms with Crippen LogP contribution >= 0.6 is 15.9 Å². The van der Waals surface area contributed by atoms with Crippen molar-refractivity contribution < 1.29 is 14.3 Å². The Morgan fingerprint density at radius 1 is 1.14 bits per heavy atom. The van der Waals surface area contributed by atoms with E-state index in [0.717, 1.165) is 27.6 Å². The fourth-order valence-corrected chi connectivity index (χ4v) is 3.11. The van der Waals surface area contributed by atoms with Crippen LogP contribution in [0.15, 0.2) is 46.9 Å². The van der Waals surface area contributed by atoms with E-state index in [1.165, 1.54) is 0 Å². The molecular formula is C23H29BrN2O3. The van der Waals surface area contributed by atoms with Crippen LogP contribution in [0, 0.1) is 13.8 Å². The highest BCUT2D eigenvalue weighted by molar-refractivity contribution is 9.10. The van der Waals surface area contributed by atoms with Gasteiger partial charge in [-0.2, -0.15) is 0 Å². The molecule has 0 aliphatic heterocycles. The second-order valence-electron chi connectivity index (χ2n) is 7.17. The number of amides is 2. The maximum Gasteiger partial charge on any atom is 0.261 e. The SMILES string of the molecule is CCCNC(=O)C(C)N(Cc1ccc(Br)cc1)C(=O)COc1cc(C)ccc1C. The summed E-state index contributed by atoms with van der Waals surface area (Å²) in [5.74, 6) is 0.294. The lowest BCUT2D eigenvalue weighted by atomic mass is 10.1. The van der Waals surface area contributed by atoms with Crippen molar-refractivity contribution in [3.05, 3.63) is 63.6 Å². The van der Waals surface area contributed by atoms with Crippen LogP contribution in [0.2, 0.25) is 0 Å². The number of hydrogen-bond donors (Lipinski definition) is 1. The zero-order valence-electron chi connectivity index (χ0n) is 17.5. The molecule has 1 unspecified atom stereocenters. The Morgan fingerprint density at radius 2 is 1.83 bits per heavy atom. The maximum atomic E-state index is 13.0. The van der Waals surface area contributed by atoms with Crippen molar-refractivity contribution in [3.63, 3.8) is 0 Å². The summed E-state index contributed by atoms with van der Waals surface area (Å²) >= 11 is 3.42. The third-order valence-electron chi connectivity index (χ3n) is 4.68. The quantitative estimate of drug-likeness (QED) is 0.603. The normalized spacial score (nSPS) is 11.6. The first-order valence-corrected chi connectivity index (χ1v) is 10.6. The monoisotopic (exact) mass is 460 g/mol. The Morgan fingerprint density at radius 3 is 2.48 bits per heavy atom. The van der Waals surface area contributed by atoms with Gasteiger partial charge in [-0.15, -0.1) is 0 Å². The molecule has 0 heterocycles. The molecule has 2 aromatic rings. The molecule has 2 rings (SSSR count). The van der Waals surface area contributed by atoms with Crippen molar-refractivity contribution in [2.75, 3.05) is 13.2 Å². The highest BCUT2D eigenvalue weighted by Crippen LogP contribution is 2.20. The third kappa shape index (κ3) is 6.89. The van der Waals surface area contributed by atoms with E-state index in [2.05, 4.69) is 21.2 Å². The molecule has 0 bridgehead atoms. The molecule has 2 amide bonds. The number of benzene rings is 2. The van der Waals surface area contributed by atoms with E-state index in [9.17, 15) is 9.59 Å². The molecular weight excluding hydrogens is 432 g/mol. The van der Waals surface area contributed by atoms with Crippen LogP contribution in [-0.4, -0.2) is 35.9 Å². The fourth-order valence-electron chi connectivity index (χ4n) is 2.85. The Balaban J connectivity index is 2.15. The first-order valence-electron chi connectivity index (χ1n) is 9.83. The van der Waals surface area contributed by atoms with Crippen molar-refractivity contribution in [1.29, 1.82) is 0 Å². The molecule has 0 saturated heterocycles. The molecule has 5 nitrogen and oxygen atoms in total. The van der Waals surface area contributed by atoms with Crippen LogP contribution in [0.3, 0.4) is 0 Å². The smallest absolute Gasteiger partial charge is 0.261 e. The minimum absolute atomic E-state index is 0.119. The summed E-state index contributed by atoms with van der Waals surface area (Å²) in [7, 11) is 0. The molecule has 6 heteroatoms. The maximum absolute atomic E-state index is 13.0. The van der Waals surface area contributed by atoms with E-state index in [1.54, 1.807) is 11.8 Å². The lowest BCUT2D eigenvalue weighted by molar-refractivity contribution is -0.142. The lowest BCUT2D eigenvalue weighted by Crippen LogP contribution is -2.49. The Labute approximate surface area is 181 Å². The van der Waals surface area contributed by atoms with Crippen LogP contribution in [0.25, 0.3) is 0 Å². The number of nitrogens with one attached hydrogen (secondary N) is 1. The van der Waals surface area contributed by atoms with Gasteiger partial charge in [-0.3, -0.25) is 9.59 Å². The summed E-state index contributed by atoms with van der Waals surface area (Å²) in [5.41, 5.74) is 2.98.